The fourth-order valence-electron chi connectivity index (χ4n) is 2.23. The van der Waals surface area contributed by atoms with Crippen LogP contribution in [0.4, 0.5) is 10.1 Å². The number of carbonyl (C=O) groups excluding carboxylic acids is 2. The minimum atomic E-state index is -0.680. The zero-order valence-corrected chi connectivity index (χ0v) is 14.6. The molecule has 7 heteroatoms. The summed E-state index contributed by atoms with van der Waals surface area (Å²) in [6, 6.07) is 10.6. The average Bonchev–Trinajstić information content (AvgIpc) is 2.61. The number of nitrogens with one attached hydrogen (secondary N) is 1. The number of benzene rings is 2. The molecule has 2 rings (SSSR count). The lowest BCUT2D eigenvalue weighted by atomic mass is 10.2. The van der Waals surface area contributed by atoms with Gasteiger partial charge in [0.2, 0.25) is 5.91 Å². The van der Waals surface area contributed by atoms with Crippen molar-refractivity contribution in [3.63, 3.8) is 0 Å². The first kappa shape index (κ1) is 18.7. The van der Waals surface area contributed by atoms with Crippen molar-refractivity contribution in [2.45, 2.75) is 6.92 Å². The Balaban J connectivity index is 2.08. The molecule has 0 fully saturated rings. The smallest absolute Gasteiger partial charge is 0.257 e. The van der Waals surface area contributed by atoms with Gasteiger partial charge in [0.05, 0.1) is 12.7 Å². The van der Waals surface area contributed by atoms with Crippen LogP contribution in [-0.2, 0) is 4.79 Å². The van der Waals surface area contributed by atoms with Crippen molar-refractivity contribution in [1.29, 1.82) is 0 Å². The van der Waals surface area contributed by atoms with E-state index in [-0.39, 0.29) is 23.7 Å². The van der Waals surface area contributed by atoms with Crippen molar-refractivity contribution in [3.8, 4) is 5.75 Å². The molecule has 2 amide bonds. The molecule has 0 atom stereocenters. The second-order valence-corrected chi connectivity index (χ2v) is 5.66. The van der Waals surface area contributed by atoms with Gasteiger partial charge in [-0.3, -0.25) is 9.59 Å². The molecule has 0 saturated carbocycles. The van der Waals surface area contributed by atoms with Crippen LogP contribution in [0.15, 0.2) is 42.5 Å². The molecule has 0 bridgehead atoms. The van der Waals surface area contributed by atoms with E-state index in [1.165, 1.54) is 24.1 Å². The number of hydrogen-bond acceptors (Lipinski definition) is 3. The molecule has 0 aliphatic carbocycles. The number of nitrogens with zero attached hydrogens (tertiary/aromatic N) is 1. The highest BCUT2D eigenvalue weighted by Gasteiger charge is 2.21. The van der Waals surface area contributed by atoms with Crippen LogP contribution in [0.5, 0.6) is 5.75 Å². The van der Waals surface area contributed by atoms with Gasteiger partial charge in [-0.1, -0.05) is 17.7 Å². The van der Waals surface area contributed by atoms with Crippen LogP contribution in [0.1, 0.15) is 17.3 Å². The number of methoxy groups -OCH3 is 1. The number of rotatable bonds is 6. The molecule has 132 valence electrons. The lowest BCUT2D eigenvalue weighted by molar-refractivity contribution is -0.116. The van der Waals surface area contributed by atoms with E-state index in [2.05, 4.69) is 5.32 Å². The summed E-state index contributed by atoms with van der Waals surface area (Å²) in [6.07, 6.45) is 0. The molecule has 0 aromatic heterocycles. The lowest BCUT2D eigenvalue weighted by Gasteiger charge is -2.21. The molecule has 0 aliphatic rings. The van der Waals surface area contributed by atoms with Crippen LogP contribution < -0.4 is 10.1 Å². The van der Waals surface area contributed by atoms with Crippen molar-refractivity contribution < 1.29 is 18.7 Å². The normalized spacial score (nSPS) is 10.2. The van der Waals surface area contributed by atoms with Crippen molar-refractivity contribution >= 4 is 29.1 Å². The molecule has 0 heterocycles. The molecule has 5 nitrogen and oxygen atoms in total. The van der Waals surface area contributed by atoms with Gasteiger partial charge in [-0.05, 0) is 37.3 Å². The Morgan fingerprint density at radius 1 is 1.24 bits per heavy atom. The maximum atomic E-state index is 13.9. The van der Waals surface area contributed by atoms with E-state index >= 15 is 0 Å². The number of anilines is 1. The molecule has 0 saturated heterocycles. The number of hydrogen-bond donors (Lipinski definition) is 1. The molecule has 1 N–H and O–H groups in total. The predicted molar refractivity (Wildman–Crippen MR) is 94.6 cm³/mol. The summed E-state index contributed by atoms with van der Waals surface area (Å²) in [4.78, 5) is 25.9. The van der Waals surface area contributed by atoms with Crippen molar-refractivity contribution in [2.75, 3.05) is 25.5 Å². The third-order valence-corrected chi connectivity index (χ3v) is 3.75. The van der Waals surface area contributed by atoms with Gasteiger partial charge in [0.1, 0.15) is 18.1 Å². The van der Waals surface area contributed by atoms with Gasteiger partial charge in [-0.15, -0.1) is 0 Å². The number of amides is 2. The summed E-state index contributed by atoms with van der Waals surface area (Å²) >= 11 is 5.82. The van der Waals surface area contributed by atoms with Crippen molar-refractivity contribution in [3.05, 3.63) is 58.9 Å². The van der Waals surface area contributed by atoms with E-state index in [0.29, 0.717) is 11.4 Å². The maximum Gasteiger partial charge on any atom is 0.257 e. The van der Waals surface area contributed by atoms with E-state index in [1.54, 1.807) is 31.2 Å². The summed E-state index contributed by atoms with van der Waals surface area (Å²) in [5.41, 5.74) is 0.380. The third-order valence-electron chi connectivity index (χ3n) is 3.52. The van der Waals surface area contributed by atoms with Gasteiger partial charge in [-0.2, -0.15) is 0 Å². The topological polar surface area (TPSA) is 58.6 Å². The summed E-state index contributed by atoms with van der Waals surface area (Å²) in [5, 5.41) is 2.93. The molecule has 0 spiro atoms. The average molecular weight is 365 g/mol. The molecule has 25 heavy (non-hydrogen) atoms. The molecular weight excluding hydrogens is 347 g/mol. The van der Waals surface area contributed by atoms with Crippen LogP contribution in [0.2, 0.25) is 5.02 Å². The van der Waals surface area contributed by atoms with Crippen molar-refractivity contribution in [2.24, 2.45) is 0 Å². The monoisotopic (exact) mass is 364 g/mol. The zero-order valence-electron chi connectivity index (χ0n) is 13.9. The van der Waals surface area contributed by atoms with E-state index in [0.717, 1.165) is 6.07 Å². The molecule has 0 unspecified atom stereocenters. The molecule has 0 aliphatic heterocycles. The SMILES string of the molecule is CCN(CC(=O)Nc1cccc(OC)c1)C(=O)c1cc(Cl)ccc1F. The Morgan fingerprint density at radius 2 is 2.00 bits per heavy atom. The number of carbonyl (C=O) groups is 2. The van der Waals surface area contributed by atoms with Crippen molar-refractivity contribution in [1.82, 2.24) is 4.90 Å². The van der Waals surface area contributed by atoms with Crippen LogP contribution in [0.3, 0.4) is 0 Å². The summed E-state index contributed by atoms with van der Waals surface area (Å²) in [5.74, 6) is -1.07. The summed E-state index contributed by atoms with van der Waals surface area (Å²) < 4.78 is 19.0. The quantitative estimate of drug-likeness (QED) is 0.852. The second kappa shape index (κ2) is 8.48. The summed E-state index contributed by atoms with van der Waals surface area (Å²) in [7, 11) is 1.53. The molecule has 2 aromatic carbocycles. The first-order chi connectivity index (χ1) is 11.9. The van der Waals surface area contributed by atoms with E-state index in [9.17, 15) is 14.0 Å². The first-order valence-corrected chi connectivity index (χ1v) is 8.00. The van der Waals surface area contributed by atoms with Gasteiger partial charge in [0.25, 0.3) is 5.91 Å². The number of likely N-dealkylation sites (N-methyl/N-ethyl adjacent to an activating group) is 1. The van der Waals surface area contributed by atoms with Gasteiger partial charge < -0.3 is 15.0 Å². The Kier molecular flexibility index (Phi) is 6.36. The number of ether oxygens (including phenoxy) is 1. The van der Waals surface area contributed by atoms with Crippen LogP contribution in [-0.4, -0.2) is 36.9 Å². The van der Waals surface area contributed by atoms with E-state index < -0.39 is 17.6 Å². The maximum absolute atomic E-state index is 13.9. The Bertz CT molecular complexity index is 783. The molecular formula is C18H18ClFN2O3. The molecule has 2 aromatic rings. The van der Waals surface area contributed by atoms with Gasteiger partial charge in [0.15, 0.2) is 0 Å². The highest BCUT2D eigenvalue weighted by molar-refractivity contribution is 6.31. The predicted octanol–water partition coefficient (Wildman–Crippen LogP) is 3.59. The summed E-state index contributed by atoms with van der Waals surface area (Å²) in [6.45, 7) is 1.74. The fourth-order valence-corrected chi connectivity index (χ4v) is 2.41. The largest absolute Gasteiger partial charge is 0.497 e. The van der Waals surface area contributed by atoms with E-state index in [1.807, 2.05) is 0 Å². The highest BCUT2D eigenvalue weighted by atomic mass is 35.5. The fraction of sp³-hybridized carbons (Fsp3) is 0.222. The van der Waals surface area contributed by atoms with Crippen LogP contribution >= 0.6 is 11.6 Å². The Hall–Kier alpha value is -2.60. The number of halogens is 2. The third kappa shape index (κ3) is 4.93. The lowest BCUT2D eigenvalue weighted by Crippen LogP contribution is -2.38. The zero-order chi connectivity index (χ0) is 18.4. The standard InChI is InChI=1S/C18H18ClFN2O3/c1-3-22(18(24)15-9-12(19)7-8-16(15)20)11-17(23)21-13-5-4-6-14(10-13)25-2/h4-10H,3,11H2,1-2H3,(H,21,23). The first-order valence-electron chi connectivity index (χ1n) is 7.62. The van der Waals surface area contributed by atoms with Crippen LogP contribution in [0, 0.1) is 5.82 Å². The minimum absolute atomic E-state index is 0.163. The van der Waals surface area contributed by atoms with Gasteiger partial charge in [-0.25, -0.2) is 4.39 Å². The minimum Gasteiger partial charge on any atom is -0.497 e. The van der Waals surface area contributed by atoms with Gasteiger partial charge >= 0.3 is 0 Å². The Morgan fingerprint density at radius 3 is 2.68 bits per heavy atom. The highest BCUT2D eigenvalue weighted by Crippen LogP contribution is 2.18. The molecule has 0 radical (unpaired) electrons. The Labute approximate surface area is 150 Å². The second-order valence-electron chi connectivity index (χ2n) is 5.22. The van der Waals surface area contributed by atoms with E-state index in [4.69, 9.17) is 16.3 Å². The van der Waals surface area contributed by atoms with Gasteiger partial charge in [0, 0.05) is 23.3 Å². The van der Waals surface area contributed by atoms with Crippen LogP contribution in [0.25, 0.3) is 0 Å².